The molecule has 176 valence electrons. The summed E-state index contributed by atoms with van der Waals surface area (Å²) in [4.78, 5) is 0. The highest BCUT2D eigenvalue weighted by atomic mass is 16.7. The van der Waals surface area contributed by atoms with Crippen LogP contribution in [0.5, 0.6) is 17.2 Å². The number of hydrogen-bond acceptors (Lipinski definition) is 12. The Labute approximate surface area is 178 Å². The van der Waals surface area contributed by atoms with E-state index in [1.165, 1.54) is 20.3 Å². The zero-order chi connectivity index (χ0) is 22.7. The average Bonchev–Trinajstić information content (AvgIpc) is 2.78. The third-order valence-corrected chi connectivity index (χ3v) is 5.15. The van der Waals surface area contributed by atoms with Gasteiger partial charge in [-0.1, -0.05) is 0 Å². The molecule has 2 heterocycles. The van der Waals surface area contributed by atoms with Crippen LogP contribution in [0.2, 0.25) is 0 Å². The molecule has 2 saturated heterocycles. The maximum atomic E-state index is 10.3. The molecular weight excluding hydrogens is 420 g/mol. The van der Waals surface area contributed by atoms with Crippen LogP contribution in [0.3, 0.4) is 0 Å². The Morgan fingerprint density at radius 1 is 0.839 bits per heavy atom. The van der Waals surface area contributed by atoms with E-state index < -0.39 is 55.3 Å². The van der Waals surface area contributed by atoms with Gasteiger partial charge in [-0.2, -0.15) is 0 Å². The van der Waals surface area contributed by atoms with Gasteiger partial charge >= 0.3 is 0 Å². The van der Waals surface area contributed by atoms with E-state index in [2.05, 4.69) is 0 Å². The molecule has 9 atom stereocenters. The second-order valence-corrected chi connectivity index (χ2v) is 7.23. The fourth-order valence-corrected chi connectivity index (χ4v) is 3.29. The molecule has 0 aromatic heterocycles. The van der Waals surface area contributed by atoms with Gasteiger partial charge in [0.05, 0.1) is 27.4 Å². The van der Waals surface area contributed by atoms with E-state index in [9.17, 15) is 30.6 Å². The van der Waals surface area contributed by atoms with E-state index in [-0.39, 0.29) is 19.0 Å². The highest BCUT2D eigenvalue weighted by Gasteiger charge is 2.46. The van der Waals surface area contributed by atoms with Crippen molar-refractivity contribution < 1.29 is 59.1 Å². The Morgan fingerprint density at radius 2 is 1.52 bits per heavy atom. The highest BCUT2D eigenvalue weighted by Crippen LogP contribution is 2.33. The molecule has 2 fully saturated rings. The molecule has 0 spiro atoms. The standard InChI is InChI=1S/C19H28O12/c1-26-10-4-3-8(5-11(10)27-2)30-19-17(25)15(23)14(22)12(31-19)7-29-18-16(24)13(21)9(20)6-28-18/h3-5,9,12-25H,6-7H2,1-2H3/t9-,12+,13-,14-,15-,16-,17+,18+,19-/m1/s1. The number of hydrogen-bond donors (Lipinski definition) is 6. The first-order valence-corrected chi connectivity index (χ1v) is 9.62. The molecule has 0 amide bonds. The molecule has 2 aliphatic rings. The van der Waals surface area contributed by atoms with Gasteiger partial charge in [-0.25, -0.2) is 0 Å². The van der Waals surface area contributed by atoms with Crippen molar-refractivity contribution in [3.05, 3.63) is 18.2 Å². The predicted molar refractivity (Wildman–Crippen MR) is 101 cm³/mol. The van der Waals surface area contributed by atoms with Crippen LogP contribution in [-0.2, 0) is 14.2 Å². The van der Waals surface area contributed by atoms with Crippen LogP contribution < -0.4 is 14.2 Å². The summed E-state index contributed by atoms with van der Waals surface area (Å²) in [7, 11) is 2.92. The largest absolute Gasteiger partial charge is 0.493 e. The lowest BCUT2D eigenvalue weighted by molar-refractivity contribution is -0.307. The molecule has 1 aromatic rings. The van der Waals surface area contributed by atoms with Gasteiger partial charge in [0.15, 0.2) is 17.8 Å². The van der Waals surface area contributed by atoms with Crippen LogP contribution in [0.4, 0.5) is 0 Å². The topological polar surface area (TPSA) is 177 Å². The number of rotatable bonds is 7. The number of aliphatic hydroxyl groups excluding tert-OH is 6. The van der Waals surface area contributed by atoms with Gasteiger partial charge in [0.25, 0.3) is 0 Å². The van der Waals surface area contributed by atoms with Gasteiger partial charge in [0.2, 0.25) is 6.29 Å². The molecule has 0 saturated carbocycles. The van der Waals surface area contributed by atoms with Crippen molar-refractivity contribution in [1.29, 1.82) is 0 Å². The second-order valence-electron chi connectivity index (χ2n) is 7.23. The summed E-state index contributed by atoms with van der Waals surface area (Å²) in [5.41, 5.74) is 0. The summed E-state index contributed by atoms with van der Waals surface area (Å²) >= 11 is 0. The smallest absolute Gasteiger partial charge is 0.229 e. The fourth-order valence-electron chi connectivity index (χ4n) is 3.29. The molecule has 1 aromatic carbocycles. The minimum Gasteiger partial charge on any atom is -0.493 e. The van der Waals surface area contributed by atoms with Crippen molar-refractivity contribution in [3.8, 4) is 17.2 Å². The summed E-state index contributed by atoms with van der Waals surface area (Å²) in [5, 5.41) is 59.8. The maximum absolute atomic E-state index is 10.3. The SMILES string of the molecule is COc1ccc(O[C@@H]2O[C@@H](CO[C@@H]3OC[C@@H](O)[C@@H](O)[C@H]3O)[C@@H](O)[C@@H](O)[C@@H]2O)cc1OC. The van der Waals surface area contributed by atoms with E-state index in [1.807, 2.05) is 0 Å². The van der Waals surface area contributed by atoms with E-state index >= 15 is 0 Å². The van der Waals surface area contributed by atoms with Gasteiger partial charge < -0.3 is 59.1 Å². The molecular formula is C19H28O12. The van der Waals surface area contributed by atoms with Crippen LogP contribution in [0.1, 0.15) is 0 Å². The summed E-state index contributed by atoms with van der Waals surface area (Å²) in [6.45, 7) is -0.634. The molecule has 6 N–H and O–H groups in total. The summed E-state index contributed by atoms with van der Waals surface area (Å²) < 4.78 is 32.0. The minimum atomic E-state index is -1.61. The molecule has 12 nitrogen and oxygen atoms in total. The van der Waals surface area contributed by atoms with Crippen molar-refractivity contribution in [1.82, 2.24) is 0 Å². The first kappa shape index (κ1) is 23.9. The quantitative estimate of drug-likeness (QED) is 0.256. The fraction of sp³-hybridized carbons (Fsp3) is 0.684. The molecule has 0 aliphatic carbocycles. The van der Waals surface area contributed by atoms with E-state index in [4.69, 9.17) is 28.4 Å². The zero-order valence-electron chi connectivity index (χ0n) is 17.0. The third-order valence-electron chi connectivity index (χ3n) is 5.15. The van der Waals surface area contributed by atoms with Gasteiger partial charge in [0.1, 0.15) is 48.5 Å². The Hall–Kier alpha value is -1.74. The molecule has 0 bridgehead atoms. The van der Waals surface area contributed by atoms with Crippen molar-refractivity contribution in [2.45, 2.75) is 55.3 Å². The average molecular weight is 448 g/mol. The number of ether oxygens (including phenoxy) is 6. The first-order chi connectivity index (χ1) is 14.8. The monoisotopic (exact) mass is 448 g/mol. The van der Waals surface area contributed by atoms with Crippen LogP contribution in [0.15, 0.2) is 18.2 Å². The van der Waals surface area contributed by atoms with Crippen LogP contribution in [-0.4, -0.2) is 113 Å². The highest BCUT2D eigenvalue weighted by molar-refractivity contribution is 5.45. The predicted octanol–water partition coefficient (Wildman–Crippen LogP) is -2.65. The summed E-state index contributed by atoms with van der Waals surface area (Å²) in [6, 6.07) is 4.62. The maximum Gasteiger partial charge on any atom is 0.229 e. The zero-order valence-corrected chi connectivity index (χ0v) is 17.0. The molecule has 31 heavy (non-hydrogen) atoms. The number of aliphatic hydroxyl groups is 6. The van der Waals surface area contributed by atoms with Crippen LogP contribution >= 0.6 is 0 Å². The minimum absolute atomic E-state index is 0.244. The van der Waals surface area contributed by atoms with Gasteiger partial charge in [-0.05, 0) is 12.1 Å². The lowest BCUT2D eigenvalue weighted by Gasteiger charge is -2.41. The van der Waals surface area contributed by atoms with Crippen LogP contribution in [0.25, 0.3) is 0 Å². The van der Waals surface area contributed by atoms with Gasteiger partial charge in [-0.3, -0.25) is 0 Å². The Morgan fingerprint density at radius 3 is 2.19 bits per heavy atom. The van der Waals surface area contributed by atoms with E-state index in [0.717, 1.165) is 0 Å². The van der Waals surface area contributed by atoms with Crippen molar-refractivity contribution in [3.63, 3.8) is 0 Å². The molecule has 0 unspecified atom stereocenters. The lowest BCUT2D eigenvalue weighted by Crippen LogP contribution is -2.61. The second kappa shape index (κ2) is 10.3. The Balaban J connectivity index is 1.65. The Bertz CT molecular complexity index is 717. The molecule has 3 rings (SSSR count). The van der Waals surface area contributed by atoms with Gasteiger partial charge in [-0.15, -0.1) is 0 Å². The number of benzene rings is 1. The normalized spacial score (nSPS) is 38.5. The van der Waals surface area contributed by atoms with Crippen molar-refractivity contribution >= 4 is 0 Å². The molecule has 2 aliphatic heterocycles. The molecule has 0 radical (unpaired) electrons. The van der Waals surface area contributed by atoms with Crippen molar-refractivity contribution in [2.24, 2.45) is 0 Å². The molecule has 12 heteroatoms. The first-order valence-electron chi connectivity index (χ1n) is 9.62. The summed E-state index contributed by atoms with van der Waals surface area (Å²) in [5.74, 6) is 1.07. The van der Waals surface area contributed by atoms with E-state index in [1.54, 1.807) is 12.1 Å². The van der Waals surface area contributed by atoms with E-state index in [0.29, 0.717) is 11.5 Å². The summed E-state index contributed by atoms with van der Waals surface area (Å²) in [6.07, 6.45) is -12.8. The lowest BCUT2D eigenvalue weighted by atomic mass is 9.99. The van der Waals surface area contributed by atoms with Crippen molar-refractivity contribution in [2.75, 3.05) is 27.4 Å². The third kappa shape index (κ3) is 5.19. The Kier molecular flexibility index (Phi) is 7.91. The van der Waals surface area contributed by atoms with Gasteiger partial charge in [0, 0.05) is 6.07 Å². The van der Waals surface area contributed by atoms with Crippen LogP contribution in [0, 0.1) is 0 Å². The number of methoxy groups -OCH3 is 2.